The second kappa shape index (κ2) is 7.72. The van der Waals surface area contributed by atoms with Crippen LogP contribution in [0.1, 0.15) is 0 Å². The summed E-state index contributed by atoms with van der Waals surface area (Å²) >= 11 is 0. The van der Waals surface area contributed by atoms with Gasteiger partial charge in [0.2, 0.25) is 0 Å². The van der Waals surface area contributed by atoms with Crippen molar-refractivity contribution in [2.45, 2.75) is 0 Å². The number of rotatable bonds is 0. The fourth-order valence-electron chi connectivity index (χ4n) is 0.385. The molecule has 0 saturated heterocycles. The summed E-state index contributed by atoms with van der Waals surface area (Å²) in [5.74, 6) is 0. The molecule has 4 heteroatoms. The maximum atomic E-state index is 10.2. The van der Waals surface area contributed by atoms with Crippen molar-refractivity contribution in [2.75, 3.05) is 0 Å². The summed E-state index contributed by atoms with van der Waals surface area (Å²) < 4.78 is 12.1. The zero-order chi connectivity index (χ0) is 7.66. The first-order valence-corrected chi connectivity index (χ1v) is 2.68. The van der Waals surface area contributed by atoms with E-state index in [0.717, 1.165) is 0 Å². The van der Waals surface area contributed by atoms with Gasteiger partial charge in [-0.1, -0.05) is 36.4 Å². The average Bonchev–Trinajstić information content (AvgIpc) is 2.08. The van der Waals surface area contributed by atoms with Crippen LogP contribution >= 0.6 is 0 Å². The van der Waals surface area contributed by atoms with Crippen molar-refractivity contribution in [3.63, 3.8) is 0 Å². The predicted molar refractivity (Wildman–Crippen MR) is 38.8 cm³/mol. The third-order valence-electron chi connectivity index (χ3n) is 0.710. The van der Waals surface area contributed by atoms with Gasteiger partial charge in [-0.05, 0) is 0 Å². The molecule has 0 saturated carbocycles. The van der Waals surface area contributed by atoms with Crippen LogP contribution in [0.25, 0.3) is 5.53 Å². The average molecular weight is 136 g/mol. The molecule has 0 spiro atoms. The number of benzene rings is 1. The van der Waals surface area contributed by atoms with Crippen molar-refractivity contribution in [2.24, 2.45) is 0 Å². The molecule has 0 aliphatic rings. The van der Waals surface area contributed by atoms with Crippen molar-refractivity contribution in [3.05, 3.63) is 41.9 Å². The van der Waals surface area contributed by atoms with E-state index in [9.17, 15) is 4.32 Å². The molecule has 0 radical (unpaired) electrons. The summed E-state index contributed by atoms with van der Waals surface area (Å²) in [6.45, 7) is 0. The van der Waals surface area contributed by atoms with Crippen LogP contribution in [-0.4, -0.2) is 7.35 Å². The van der Waals surface area contributed by atoms with Crippen LogP contribution < -0.4 is 4.69 Å². The molecule has 1 rings (SSSR count). The summed E-state index contributed by atoms with van der Waals surface area (Å²) in [6.07, 6.45) is 0. The minimum absolute atomic E-state index is 0.194. The van der Waals surface area contributed by atoms with Gasteiger partial charge in [-0.25, -0.2) is 0 Å². The second-order valence-corrected chi connectivity index (χ2v) is 1.37. The van der Waals surface area contributed by atoms with Crippen LogP contribution in [0.3, 0.4) is 0 Å². The van der Waals surface area contributed by atoms with Gasteiger partial charge in [0.15, 0.2) is 0 Å². The summed E-state index contributed by atoms with van der Waals surface area (Å²) in [5.41, 5.74) is 7.07. The van der Waals surface area contributed by atoms with Gasteiger partial charge < -0.3 is 0 Å². The molecule has 0 atom stereocenters. The van der Waals surface area contributed by atoms with Crippen LogP contribution in [0.5, 0.6) is 0 Å². The SMILES string of the molecule is [N-]=[N+]=BF.c1ccccc1. The van der Waals surface area contributed by atoms with Crippen LogP contribution in [0.15, 0.2) is 36.4 Å². The predicted octanol–water partition coefficient (Wildman–Crippen LogP) is 1.53. The zero-order valence-corrected chi connectivity index (χ0v) is 5.31. The number of hydrogen-bond acceptors (Lipinski definition) is 0. The van der Waals surface area contributed by atoms with E-state index in [0.29, 0.717) is 0 Å². The van der Waals surface area contributed by atoms with Crippen molar-refractivity contribution >= 4 is 7.35 Å². The van der Waals surface area contributed by atoms with E-state index in [1.807, 2.05) is 41.1 Å². The first kappa shape index (κ1) is 8.72. The standard InChI is InChI=1S/C6H6.BFN2/c1-2-4-6-5-3-1;2-1-4-3/h1-6H;. The van der Waals surface area contributed by atoms with Gasteiger partial charge in [-0.2, -0.15) is 0 Å². The Hall–Kier alpha value is -1.28. The van der Waals surface area contributed by atoms with Gasteiger partial charge in [0.05, 0.1) is 0 Å². The molecular weight excluding hydrogens is 130 g/mol. The number of halogens is 1. The molecule has 1 aromatic carbocycles. The molecule has 0 N–H and O–H groups in total. The van der Waals surface area contributed by atoms with Crippen LogP contribution in [0, 0.1) is 0 Å². The van der Waals surface area contributed by atoms with Gasteiger partial charge in [-0.3, -0.25) is 0 Å². The Morgan fingerprint density at radius 3 is 1.30 bits per heavy atom. The molecule has 10 heavy (non-hydrogen) atoms. The van der Waals surface area contributed by atoms with Crippen molar-refractivity contribution < 1.29 is 4.32 Å². The molecule has 0 bridgehead atoms. The Morgan fingerprint density at radius 1 is 1.00 bits per heavy atom. The van der Waals surface area contributed by atoms with E-state index in [2.05, 4.69) is 0 Å². The maximum Gasteiger partial charge on any atom is -0.0623 e. The third kappa shape index (κ3) is 6.72. The Balaban J connectivity index is 0.000000180. The number of nitrogens with zero attached hydrogens (tertiary/aromatic N) is 2. The Bertz CT molecular complexity index is 169. The first-order chi connectivity index (χ1) is 4.91. The summed E-state index contributed by atoms with van der Waals surface area (Å²) in [5, 5.41) is 0. The normalized spacial score (nSPS) is 6.10. The molecule has 0 unspecified atom stereocenters. The van der Waals surface area contributed by atoms with E-state index in [1.54, 1.807) is 0 Å². The molecule has 2 nitrogen and oxygen atoms in total. The van der Waals surface area contributed by atoms with Crippen molar-refractivity contribution in [1.82, 2.24) is 4.69 Å². The molecular formula is C6H6BFN2. The van der Waals surface area contributed by atoms with Gasteiger partial charge >= 0.3 is 21.9 Å². The minimum Gasteiger partial charge on any atom is -0.0623 e. The van der Waals surface area contributed by atoms with E-state index in [4.69, 9.17) is 5.53 Å². The topological polar surface area (TPSA) is 36.4 Å². The van der Waals surface area contributed by atoms with E-state index in [1.165, 1.54) is 0 Å². The van der Waals surface area contributed by atoms with E-state index >= 15 is 0 Å². The molecule has 1 aromatic rings. The van der Waals surface area contributed by atoms with Gasteiger partial charge in [0.1, 0.15) is 0 Å². The molecule has 0 amide bonds. The third-order valence-corrected chi connectivity index (χ3v) is 0.710. The second-order valence-electron chi connectivity index (χ2n) is 1.37. The number of hydrogen-bond donors (Lipinski definition) is 0. The van der Waals surface area contributed by atoms with Gasteiger partial charge in [-0.15, -0.1) is 0 Å². The first-order valence-electron chi connectivity index (χ1n) is 2.68. The van der Waals surface area contributed by atoms with Crippen LogP contribution in [0.2, 0.25) is 0 Å². The van der Waals surface area contributed by atoms with E-state index < -0.39 is 0 Å². The van der Waals surface area contributed by atoms with Gasteiger partial charge in [0, 0.05) is 0 Å². The fraction of sp³-hybridized carbons (Fsp3) is 0. The Kier molecular flexibility index (Phi) is 6.74. The summed E-state index contributed by atoms with van der Waals surface area (Å²) in [4.78, 5) is 0. The Morgan fingerprint density at radius 2 is 1.20 bits per heavy atom. The zero-order valence-electron chi connectivity index (χ0n) is 5.31. The van der Waals surface area contributed by atoms with E-state index in [-0.39, 0.29) is 7.35 Å². The van der Waals surface area contributed by atoms with Gasteiger partial charge in [0.25, 0.3) is 0 Å². The molecule has 0 aromatic heterocycles. The Labute approximate surface area is 59.2 Å². The summed E-state index contributed by atoms with van der Waals surface area (Å²) in [6, 6.07) is 12.0. The molecule has 0 aliphatic carbocycles. The van der Waals surface area contributed by atoms with Crippen LogP contribution in [-0.2, 0) is 0 Å². The van der Waals surface area contributed by atoms with Crippen molar-refractivity contribution in [3.8, 4) is 0 Å². The quantitative estimate of drug-likeness (QED) is 0.294. The van der Waals surface area contributed by atoms with Crippen molar-refractivity contribution in [1.29, 1.82) is 0 Å². The molecule has 50 valence electrons. The monoisotopic (exact) mass is 136 g/mol. The molecule has 0 fully saturated rings. The maximum absolute atomic E-state index is 10.2. The fourth-order valence-corrected chi connectivity index (χ4v) is 0.385. The summed E-state index contributed by atoms with van der Waals surface area (Å²) in [7, 11) is -0.194. The molecule has 0 heterocycles. The van der Waals surface area contributed by atoms with Crippen LogP contribution in [0.4, 0.5) is 4.32 Å². The molecule has 0 aliphatic heterocycles. The smallest absolute Gasteiger partial charge is 0.0623 e. The largest absolute Gasteiger partial charge is 0.0623 e. The minimum atomic E-state index is -0.194.